The van der Waals surface area contributed by atoms with Gasteiger partial charge in [-0.2, -0.15) is 0 Å². The Kier molecular flexibility index (Phi) is 7.87. The van der Waals surface area contributed by atoms with E-state index < -0.39 is 0 Å². The van der Waals surface area contributed by atoms with E-state index in [0.29, 0.717) is 6.10 Å². The molecule has 0 heterocycles. The third kappa shape index (κ3) is 7.05. The Morgan fingerprint density at radius 2 is 2.06 bits per heavy atom. The van der Waals surface area contributed by atoms with Gasteiger partial charge in [0.2, 0.25) is 0 Å². The molecule has 1 rings (SSSR count). The summed E-state index contributed by atoms with van der Waals surface area (Å²) in [6.45, 7) is 9.87. The Bertz CT molecular complexity index is 182. The first-order valence-corrected chi connectivity index (χ1v) is 7.54. The summed E-state index contributed by atoms with van der Waals surface area (Å²) in [7, 11) is 0. The van der Waals surface area contributed by atoms with Crippen molar-refractivity contribution in [3.63, 3.8) is 0 Å². The highest BCUT2D eigenvalue weighted by molar-refractivity contribution is 4.72. The number of rotatable bonds is 8. The van der Waals surface area contributed by atoms with E-state index in [0.717, 1.165) is 31.5 Å². The summed E-state index contributed by atoms with van der Waals surface area (Å²) >= 11 is 0. The molecule has 102 valence electrons. The first-order chi connectivity index (χ1) is 8.22. The predicted octanol–water partition coefficient (Wildman–Crippen LogP) is 3.61. The lowest BCUT2D eigenvalue weighted by atomic mass is 9.85. The van der Waals surface area contributed by atoms with E-state index in [-0.39, 0.29) is 0 Å². The van der Waals surface area contributed by atoms with Crippen molar-refractivity contribution in [3.05, 3.63) is 0 Å². The lowest BCUT2D eigenvalue weighted by Gasteiger charge is -2.28. The maximum atomic E-state index is 5.96. The van der Waals surface area contributed by atoms with Gasteiger partial charge in [-0.15, -0.1) is 0 Å². The van der Waals surface area contributed by atoms with Crippen molar-refractivity contribution in [3.8, 4) is 0 Å². The average molecular weight is 241 g/mol. The van der Waals surface area contributed by atoms with Crippen molar-refractivity contribution in [2.24, 2.45) is 11.8 Å². The minimum atomic E-state index is 0.542. The fourth-order valence-electron chi connectivity index (χ4n) is 2.58. The standard InChI is InChI=1S/C15H31NO/c1-4-14-6-5-7-15(12-14)17-11-10-16-9-8-13(2)3/h13-16H,4-12H2,1-3H3. The van der Waals surface area contributed by atoms with Crippen LogP contribution in [0.25, 0.3) is 0 Å². The second kappa shape index (κ2) is 8.93. The fourth-order valence-corrected chi connectivity index (χ4v) is 2.58. The molecule has 2 heteroatoms. The largest absolute Gasteiger partial charge is 0.377 e. The summed E-state index contributed by atoms with van der Waals surface area (Å²) < 4.78 is 5.96. The summed E-state index contributed by atoms with van der Waals surface area (Å²) in [5, 5.41) is 3.46. The second-order valence-electron chi connectivity index (χ2n) is 5.87. The van der Waals surface area contributed by atoms with Crippen LogP contribution in [-0.2, 0) is 4.74 Å². The maximum absolute atomic E-state index is 5.96. The first-order valence-electron chi connectivity index (χ1n) is 7.54. The molecule has 0 radical (unpaired) electrons. The van der Waals surface area contributed by atoms with Crippen molar-refractivity contribution < 1.29 is 4.74 Å². The van der Waals surface area contributed by atoms with Crippen molar-refractivity contribution >= 4 is 0 Å². The van der Waals surface area contributed by atoms with Gasteiger partial charge in [-0.3, -0.25) is 0 Å². The number of ether oxygens (including phenoxy) is 1. The van der Waals surface area contributed by atoms with Gasteiger partial charge in [-0.25, -0.2) is 0 Å². The van der Waals surface area contributed by atoms with Gasteiger partial charge in [-0.1, -0.05) is 40.0 Å². The van der Waals surface area contributed by atoms with Gasteiger partial charge in [0.15, 0.2) is 0 Å². The van der Waals surface area contributed by atoms with E-state index in [2.05, 4.69) is 26.1 Å². The lowest BCUT2D eigenvalue weighted by Crippen LogP contribution is -2.27. The fraction of sp³-hybridized carbons (Fsp3) is 1.00. The minimum absolute atomic E-state index is 0.542. The van der Waals surface area contributed by atoms with Gasteiger partial charge in [0, 0.05) is 6.54 Å². The highest BCUT2D eigenvalue weighted by Crippen LogP contribution is 2.28. The number of nitrogens with one attached hydrogen (secondary N) is 1. The quantitative estimate of drug-likeness (QED) is 0.656. The van der Waals surface area contributed by atoms with Crippen LogP contribution in [0.3, 0.4) is 0 Å². The lowest BCUT2D eigenvalue weighted by molar-refractivity contribution is 0.0142. The molecule has 1 saturated carbocycles. The molecule has 0 aromatic heterocycles. The zero-order valence-corrected chi connectivity index (χ0v) is 12.0. The molecule has 2 atom stereocenters. The van der Waals surface area contributed by atoms with E-state index in [4.69, 9.17) is 4.74 Å². The van der Waals surface area contributed by atoms with Crippen LogP contribution < -0.4 is 5.32 Å². The molecular weight excluding hydrogens is 210 g/mol. The molecule has 0 bridgehead atoms. The molecule has 0 saturated heterocycles. The molecule has 1 aliphatic carbocycles. The van der Waals surface area contributed by atoms with E-state index in [1.807, 2.05) is 0 Å². The van der Waals surface area contributed by atoms with Crippen LogP contribution in [-0.4, -0.2) is 25.8 Å². The van der Waals surface area contributed by atoms with Crippen LogP contribution >= 0.6 is 0 Å². The molecule has 0 aromatic carbocycles. The zero-order valence-electron chi connectivity index (χ0n) is 12.0. The Hall–Kier alpha value is -0.0800. The summed E-state index contributed by atoms with van der Waals surface area (Å²) in [6.07, 6.45) is 8.49. The molecule has 2 nitrogen and oxygen atoms in total. The molecule has 0 amide bonds. The van der Waals surface area contributed by atoms with Crippen molar-refractivity contribution in [2.45, 2.75) is 65.4 Å². The van der Waals surface area contributed by atoms with Crippen molar-refractivity contribution in [1.29, 1.82) is 0 Å². The molecule has 1 fully saturated rings. The summed E-state index contributed by atoms with van der Waals surface area (Å²) in [5.74, 6) is 1.72. The van der Waals surface area contributed by atoms with Gasteiger partial charge >= 0.3 is 0 Å². The van der Waals surface area contributed by atoms with Gasteiger partial charge in [0.25, 0.3) is 0 Å². The van der Waals surface area contributed by atoms with Crippen LogP contribution in [0.1, 0.15) is 59.3 Å². The molecule has 0 aromatic rings. The highest BCUT2D eigenvalue weighted by Gasteiger charge is 2.20. The molecular formula is C15H31NO. The molecule has 0 spiro atoms. The monoisotopic (exact) mass is 241 g/mol. The van der Waals surface area contributed by atoms with E-state index in [9.17, 15) is 0 Å². The average Bonchev–Trinajstić information content (AvgIpc) is 2.33. The Morgan fingerprint density at radius 1 is 1.24 bits per heavy atom. The van der Waals surface area contributed by atoms with Crippen molar-refractivity contribution in [1.82, 2.24) is 5.32 Å². The van der Waals surface area contributed by atoms with Crippen molar-refractivity contribution in [2.75, 3.05) is 19.7 Å². The SMILES string of the molecule is CCC1CCCC(OCCNCCC(C)C)C1. The topological polar surface area (TPSA) is 21.3 Å². The van der Waals surface area contributed by atoms with Crippen LogP contribution in [0.2, 0.25) is 0 Å². The molecule has 0 aliphatic heterocycles. The van der Waals surface area contributed by atoms with Gasteiger partial charge in [-0.05, 0) is 37.6 Å². The van der Waals surface area contributed by atoms with Gasteiger partial charge in [0.1, 0.15) is 0 Å². The van der Waals surface area contributed by atoms with E-state index in [1.165, 1.54) is 38.5 Å². The first kappa shape index (κ1) is 15.0. The summed E-state index contributed by atoms with van der Waals surface area (Å²) in [6, 6.07) is 0. The van der Waals surface area contributed by atoms with Crippen LogP contribution in [0.4, 0.5) is 0 Å². The Labute approximate surface area is 108 Å². The molecule has 2 unspecified atom stereocenters. The highest BCUT2D eigenvalue weighted by atomic mass is 16.5. The minimum Gasteiger partial charge on any atom is -0.377 e. The zero-order chi connectivity index (χ0) is 12.5. The number of hydrogen-bond acceptors (Lipinski definition) is 2. The smallest absolute Gasteiger partial charge is 0.0594 e. The van der Waals surface area contributed by atoms with E-state index in [1.54, 1.807) is 0 Å². The normalized spacial score (nSPS) is 25.4. The summed E-state index contributed by atoms with van der Waals surface area (Å²) in [5.41, 5.74) is 0. The maximum Gasteiger partial charge on any atom is 0.0594 e. The van der Waals surface area contributed by atoms with Crippen LogP contribution in [0.5, 0.6) is 0 Å². The van der Waals surface area contributed by atoms with Crippen LogP contribution in [0, 0.1) is 11.8 Å². The molecule has 1 aliphatic rings. The van der Waals surface area contributed by atoms with Crippen LogP contribution in [0.15, 0.2) is 0 Å². The second-order valence-corrected chi connectivity index (χ2v) is 5.87. The van der Waals surface area contributed by atoms with E-state index >= 15 is 0 Å². The van der Waals surface area contributed by atoms with Gasteiger partial charge < -0.3 is 10.1 Å². The Morgan fingerprint density at radius 3 is 2.76 bits per heavy atom. The Balaban J connectivity index is 1.95. The summed E-state index contributed by atoms with van der Waals surface area (Å²) in [4.78, 5) is 0. The molecule has 1 N–H and O–H groups in total. The third-order valence-electron chi connectivity index (χ3n) is 3.84. The predicted molar refractivity (Wildman–Crippen MR) is 74.3 cm³/mol. The number of hydrogen-bond donors (Lipinski definition) is 1. The third-order valence-corrected chi connectivity index (χ3v) is 3.84. The molecule has 17 heavy (non-hydrogen) atoms. The van der Waals surface area contributed by atoms with Gasteiger partial charge in [0.05, 0.1) is 12.7 Å².